The molecule has 4 rings (SSSR count). The maximum atomic E-state index is 11.7. The Bertz CT molecular complexity index is 1070. The maximum Gasteiger partial charge on any atom is 0.336 e. The Kier molecular flexibility index (Phi) is 5.64. The van der Waals surface area contributed by atoms with Gasteiger partial charge in [0.2, 0.25) is 0 Å². The third kappa shape index (κ3) is 3.94. The number of ether oxygens (including phenoxy) is 2. The van der Waals surface area contributed by atoms with E-state index in [-0.39, 0.29) is 34.7 Å². The Hall–Kier alpha value is -2.34. The average Bonchev–Trinajstić information content (AvgIpc) is 2.68. The number of fused-ring (bicyclic) bond motifs is 2. The normalized spacial score (nSPS) is 34.0. The van der Waals surface area contributed by atoms with E-state index in [4.69, 9.17) is 13.9 Å². The van der Waals surface area contributed by atoms with E-state index in [2.05, 4.69) is 20.8 Å². The standard InChI is InChI=1S/C26H34O6/c1-16(27)31-22-11-12-25(4)20(24(22,2)3)10-13-26(5,29)21(25)15-30-18-8-6-17-7-9-23(28)32-19(17)14-18/h6-9,14,20-22,29H,10-13,15H2,1-5H3/t20-,21-,22+,25-,26+/m0/s1. The first-order valence-corrected chi connectivity index (χ1v) is 11.5. The summed E-state index contributed by atoms with van der Waals surface area (Å²) in [7, 11) is 0. The number of aliphatic hydroxyl groups is 1. The zero-order chi connectivity index (χ0) is 23.3. The van der Waals surface area contributed by atoms with Crippen LogP contribution in [0.15, 0.2) is 39.5 Å². The van der Waals surface area contributed by atoms with Gasteiger partial charge in [-0.2, -0.15) is 0 Å². The highest BCUT2D eigenvalue weighted by atomic mass is 16.5. The minimum atomic E-state index is -0.862. The Labute approximate surface area is 188 Å². The molecule has 1 heterocycles. The largest absolute Gasteiger partial charge is 0.493 e. The number of rotatable bonds is 4. The van der Waals surface area contributed by atoms with E-state index in [9.17, 15) is 14.7 Å². The molecule has 1 N–H and O–H groups in total. The second kappa shape index (κ2) is 7.91. The van der Waals surface area contributed by atoms with E-state index in [1.807, 2.05) is 19.1 Å². The first kappa shape index (κ1) is 22.8. The molecule has 0 radical (unpaired) electrons. The highest BCUT2D eigenvalue weighted by Crippen LogP contribution is 2.62. The minimum absolute atomic E-state index is 0.0928. The van der Waals surface area contributed by atoms with Crippen molar-refractivity contribution in [2.45, 2.75) is 72.0 Å². The molecule has 0 aliphatic heterocycles. The summed E-state index contributed by atoms with van der Waals surface area (Å²) in [6.45, 7) is 10.4. The molecule has 5 atom stereocenters. The third-order valence-electron chi connectivity index (χ3n) is 8.27. The number of carbonyl (C=O) groups is 1. The van der Waals surface area contributed by atoms with Gasteiger partial charge in [0.15, 0.2) is 0 Å². The molecule has 6 nitrogen and oxygen atoms in total. The van der Waals surface area contributed by atoms with Crippen LogP contribution in [0.3, 0.4) is 0 Å². The number of hydrogen-bond acceptors (Lipinski definition) is 6. The molecule has 0 unspecified atom stereocenters. The summed E-state index contributed by atoms with van der Waals surface area (Å²) >= 11 is 0. The Balaban J connectivity index is 1.59. The molecule has 32 heavy (non-hydrogen) atoms. The van der Waals surface area contributed by atoms with Crippen molar-refractivity contribution in [1.82, 2.24) is 0 Å². The van der Waals surface area contributed by atoms with Crippen molar-refractivity contribution in [2.24, 2.45) is 22.7 Å². The van der Waals surface area contributed by atoms with Gasteiger partial charge in [0.1, 0.15) is 17.4 Å². The summed E-state index contributed by atoms with van der Waals surface area (Å²) < 4.78 is 17.2. The molecule has 2 aliphatic rings. The van der Waals surface area contributed by atoms with Crippen LogP contribution < -0.4 is 10.4 Å². The summed E-state index contributed by atoms with van der Waals surface area (Å²) in [6, 6.07) is 8.59. The molecule has 2 saturated carbocycles. The van der Waals surface area contributed by atoms with Gasteiger partial charge in [-0.15, -0.1) is 0 Å². The van der Waals surface area contributed by atoms with Crippen LogP contribution in [0, 0.1) is 22.7 Å². The van der Waals surface area contributed by atoms with Crippen molar-refractivity contribution < 1.29 is 23.8 Å². The molecule has 0 bridgehead atoms. The minimum Gasteiger partial charge on any atom is -0.493 e. The van der Waals surface area contributed by atoms with E-state index < -0.39 is 11.2 Å². The van der Waals surface area contributed by atoms with Gasteiger partial charge in [-0.1, -0.05) is 20.8 Å². The van der Waals surface area contributed by atoms with Gasteiger partial charge in [-0.25, -0.2) is 4.79 Å². The molecule has 6 heteroatoms. The quantitative estimate of drug-likeness (QED) is 0.545. The summed E-state index contributed by atoms with van der Waals surface area (Å²) in [5.41, 5.74) is -1.13. The van der Waals surface area contributed by atoms with Crippen molar-refractivity contribution in [2.75, 3.05) is 6.61 Å². The second-order valence-electron chi connectivity index (χ2n) is 10.7. The van der Waals surface area contributed by atoms with Crippen molar-refractivity contribution in [3.8, 4) is 5.75 Å². The van der Waals surface area contributed by atoms with Crippen LogP contribution >= 0.6 is 0 Å². The lowest BCUT2D eigenvalue weighted by Gasteiger charge is -2.62. The van der Waals surface area contributed by atoms with Crippen molar-refractivity contribution in [3.05, 3.63) is 40.8 Å². The molecule has 0 amide bonds. The smallest absolute Gasteiger partial charge is 0.336 e. The Morgan fingerprint density at radius 2 is 1.84 bits per heavy atom. The molecule has 174 valence electrons. The van der Waals surface area contributed by atoms with Crippen LogP contribution in [0.2, 0.25) is 0 Å². The van der Waals surface area contributed by atoms with Crippen LogP contribution in [0.4, 0.5) is 0 Å². The van der Waals surface area contributed by atoms with Crippen LogP contribution in [0.5, 0.6) is 5.75 Å². The lowest BCUT2D eigenvalue weighted by Crippen LogP contribution is -2.62. The monoisotopic (exact) mass is 442 g/mol. The average molecular weight is 443 g/mol. The molecular formula is C26H34O6. The summed E-state index contributed by atoms with van der Waals surface area (Å²) in [4.78, 5) is 23.2. The van der Waals surface area contributed by atoms with Gasteiger partial charge in [-0.05, 0) is 62.1 Å². The van der Waals surface area contributed by atoms with E-state index in [0.717, 1.165) is 24.6 Å². The van der Waals surface area contributed by atoms with E-state index in [1.165, 1.54) is 13.0 Å². The first-order valence-electron chi connectivity index (χ1n) is 11.5. The molecule has 2 fully saturated rings. The molecule has 1 aromatic carbocycles. The SMILES string of the molecule is CC(=O)O[C@@H]1CC[C@@]2(C)[C@@H](CC[C@@](C)(O)[C@H]2COc2ccc3ccc(=O)oc3c2)C1(C)C. The first-order chi connectivity index (χ1) is 14.9. The van der Waals surface area contributed by atoms with E-state index in [0.29, 0.717) is 24.4 Å². The van der Waals surface area contributed by atoms with Crippen LogP contribution in [-0.4, -0.2) is 29.4 Å². The van der Waals surface area contributed by atoms with Crippen LogP contribution in [-0.2, 0) is 9.53 Å². The number of benzene rings is 1. The zero-order valence-corrected chi connectivity index (χ0v) is 19.6. The van der Waals surface area contributed by atoms with Gasteiger partial charge >= 0.3 is 11.6 Å². The molecule has 2 aromatic rings. The lowest BCUT2D eigenvalue weighted by molar-refractivity contribution is -0.210. The van der Waals surface area contributed by atoms with Gasteiger partial charge in [0.25, 0.3) is 0 Å². The Morgan fingerprint density at radius 1 is 1.12 bits per heavy atom. The molecular weight excluding hydrogens is 408 g/mol. The highest BCUT2D eigenvalue weighted by Gasteiger charge is 2.61. The van der Waals surface area contributed by atoms with Crippen molar-refractivity contribution in [3.63, 3.8) is 0 Å². The molecule has 0 saturated heterocycles. The zero-order valence-electron chi connectivity index (χ0n) is 19.6. The Morgan fingerprint density at radius 3 is 2.56 bits per heavy atom. The van der Waals surface area contributed by atoms with Gasteiger partial charge < -0.3 is 19.0 Å². The fourth-order valence-electron chi connectivity index (χ4n) is 6.59. The van der Waals surface area contributed by atoms with E-state index >= 15 is 0 Å². The topological polar surface area (TPSA) is 86.0 Å². The molecule has 0 spiro atoms. The van der Waals surface area contributed by atoms with Crippen LogP contribution in [0.1, 0.15) is 60.3 Å². The predicted octanol–water partition coefficient (Wildman–Crippen LogP) is 4.71. The van der Waals surface area contributed by atoms with Gasteiger partial charge in [0, 0.05) is 35.8 Å². The third-order valence-corrected chi connectivity index (χ3v) is 8.27. The maximum absolute atomic E-state index is 11.7. The van der Waals surface area contributed by atoms with Gasteiger partial charge in [-0.3, -0.25) is 4.79 Å². The van der Waals surface area contributed by atoms with E-state index in [1.54, 1.807) is 12.1 Å². The fraction of sp³-hybridized carbons (Fsp3) is 0.615. The predicted molar refractivity (Wildman–Crippen MR) is 121 cm³/mol. The molecule has 1 aromatic heterocycles. The van der Waals surface area contributed by atoms with Crippen molar-refractivity contribution >= 4 is 16.9 Å². The summed E-state index contributed by atoms with van der Waals surface area (Å²) in [5.74, 6) is 0.569. The van der Waals surface area contributed by atoms with Crippen LogP contribution in [0.25, 0.3) is 11.0 Å². The summed E-state index contributed by atoms with van der Waals surface area (Å²) in [6.07, 6.45) is 3.06. The highest BCUT2D eigenvalue weighted by molar-refractivity contribution is 5.77. The lowest BCUT2D eigenvalue weighted by atomic mass is 9.45. The second-order valence-corrected chi connectivity index (χ2v) is 10.7. The van der Waals surface area contributed by atoms with Gasteiger partial charge in [0.05, 0.1) is 12.2 Å². The molecule has 2 aliphatic carbocycles. The summed E-state index contributed by atoms with van der Waals surface area (Å²) in [5, 5.41) is 12.2. The number of hydrogen-bond donors (Lipinski definition) is 1. The number of carbonyl (C=O) groups excluding carboxylic acids is 1. The number of esters is 1. The fourth-order valence-corrected chi connectivity index (χ4v) is 6.59. The van der Waals surface area contributed by atoms with Crippen molar-refractivity contribution in [1.29, 1.82) is 0 Å².